The van der Waals surface area contributed by atoms with Crippen LogP contribution < -0.4 is 0 Å². The summed E-state index contributed by atoms with van der Waals surface area (Å²) in [7, 11) is 0. The third-order valence-electron chi connectivity index (χ3n) is 6.75. The van der Waals surface area contributed by atoms with Gasteiger partial charge in [-0.05, 0) is 50.9 Å². The Morgan fingerprint density at radius 1 is 1.14 bits per heavy atom. The van der Waals surface area contributed by atoms with Crippen molar-refractivity contribution in [3.8, 4) is 11.3 Å². The maximum atomic E-state index is 13.6. The summed E-state index contributed by atoms with van der Waals surface area (Å²) in [6.45, 7) is 9.02. The molecular weight excluding hydrogens is 344 g/mol. The van der Waals surface area contributed by atoms with Crippen LogP contribution in [0.4, 0.5) is 0 Å². The van der Waals surface area contributed by atoms with Gasteiger partial charge in [0.1, 0.15) is 0 Å². The molecule has 0 saturated heterocycles. The van der Waals surface area contributed by atoms with Crippen LogP contribution in [0.2, 0.25) is 0 Å². The molecule has 148 valence electrons. The zero-order chi connectivity index (χ0) is 19.8. The molecule has 0 N–H and O–H groups in total. The van der Waals surface area contributed by atoms with Crippen LogP contribution in [0.5, 0.6) is 0 Å². The van der Waals surface area contributed by atoms with E-state index in [0.717, 1.165) is 36.9 Å². The summed E-state index contributed by atoms with van der Waals surface area (Å²) >= 11 is 0. The molecule has 0 aliphatic heterocycles. The minimum atomic E-state index is 0.0420. The van der Waals surface area contributed by atoms with Crippen molar-refractivity contribution in [2.45, 2.75) is 71.6 Å². The van der Waals surface area contributed by atoms with E-state index in [1.165, 1.54) is 23.3 Å². The van der Waals surface area contributed by atoms with E-state index < -0.39 is 0 Å². The quantitative estimate of drug-likeness (QED) is 0.568. The second-order valence-electron chi connectivity index (χ2n) is 9.11. The lowest BCUT2D eigenvalue weighted by molar-refractivity contribution is 0.0809. The molecule has 2 aliphatic carbocycles. The fourth-order valence-corrected chi connectivity index (χ4v) is 4.96. The van der Waals surface area contributed by atoms with E-state index in [1.54, 1.807) is 4.68 Å². The first-order chi connectivity index (χ1) is 13.5. The average molecular weight is 377 g/mol. The Morgan fingerprint density at radius 2 is 1.89 bits per heavy atom. The summed E-state index contributed by atoms with van der Waals surface area (Å²) in [4.78, 5) is 13.6. The third kappa shape index (κ3) is 3.36. The number of rotatable bonds is 3. The van der Waals surface area contributed by atoms with E-state index in [-0.39, 0.29) is 11.8 Å². The molecule has 0 unspecified atom stereocenters. The number of hydrogen-bond acceptors (Lipinski definition) is 2. The molecule has 0 saturated carbocycles. The number of fused-ring (bicyclic) bond motifs is 1. The predicted molar refractivity (Wildman–Crippen MR) is 115 cm³/mol. The predicted octanol–water partition coefficient (Wildman–Crippen LogP) is 6.57. The van der Waals surface area contributed by atoms with E-state index in [2.05, 4.69) is 58.0 Å². The van der Waals surface area contributed by atoms with Crippen molar-refractivity contribution in [2.24, 2.45) is 11.8 Å². The highest BCUT2D eigenvalue weighted by Crippen LogP contribution is 2.46. The van der Waals surface area contributed by atoms with Crippen molar-refractivity contribution in [1.82, 2.24) is 9.78 Å². The molecule has 28 heavy (non-hydrogen) atoms. The largest absolute Gasteiger partial charge is 0.272 e. The van der Waals surface area contributed by atoms with Crippen molar-refractivity contribution in [2.75, 3.05) is 0 Å². The molecule has 0 radical (unpaired) electrons. The molecule has 2 aromatic rings. The number of carbonyl (C=O) groups is 1. The maximum Gasteiger partial charge on any atom is 0.250 e. The lowest BCUT2D eigenvalue weighted by Gasteiger charge is -2.28. The molecule has 0 bridgehead atoms. The van der Waals surface area contributed by atoms with Gasteiger partial charge in [-0.3, -0.25) is 4.79 Å². The number of carbonyl (C=O) groups excluding carboxylic acids is 1. The molecular formula is C25H32N2O. The molecule has 0 amide bonds. The smallest absolute Gasteiger partial charge is 0.250 e. The molecule has 4 rings (SSSR count). The minimum absolute atomic E-state index is 0.0420. The lowest BCUT2D eigenvalue weighted by Crippen LogP contribution is -2.25. The Kier molecular flexibility index (Phi) is 5.27. The van der Waals surface area contributed by atoms with E-state index in [9.17, 15) is 4.79 Å². The van der Waals surface area contributed by atoms with Gasteiger partial charge < -0.3 is 0 Å². The molecule has 1 aromatic carbocycles. The number of nitrogens with zero attached hydrogens (tertiary/aromatic N) is 2. The summed E-state index contributed by atoms with van der Waals surface area (Å²) in [5.41, 5.74) is 6.05. The van der Waals surface area contributed by atoms with Crippen LogP contribution >= 0.6 is 0 Å². The summed E-state index contributed by atoms with van der Waals surface area (Å²) in [5.74, 6) is 1.63. The number of benzene rings is 1. The second kappa shape index (κ2) is 7.69. The highest BCUT2D eigenvalue weighted by atomic mass is 16.2. The van der Waals surface area contributed by atoms with Crippen molar-refractivity contribution in [1.29, 1.82) is 0 Å². The molecule has 3 heteroatoms. The van der Waals surface area contributed by atoms with Crippen LogP contribution in [0.25, 0.3) is 11.3 Å². The van der Waals surface area contributed by atoms with Gasteiger partial charge in [0.25, 0.3) is 5.91 Å². The number of hydrogen-bond donors (Lipinski definition) is 0. The van der Waals surface area contributed by atoms with Crippen molar-refractivity contribution in [3.05, 3.63) is 53.2 Å². The molecule has 0 spiro atoms. The Morgan fingerprint density at radius 3 is 2.54 bits per heavy atom. The number of aromatic nitrogens is 2. The van der Waals surface area contributed by atoms with Crippen LogP contribution in [-0.2, 0) is 0 Å². The van der Waals surface area contributed by atoms with Crippen LogP contribution in [0.3, 0.4) is 0 Å². The van der Waals surface area contributed by atoms with E-state index >= 15 is 0 Å². The molecule has 1 aromatic heterocycles. The van der Waals surface area contributed by atoms with Gasteiger partial charge in [-0.2, -0.15) is 9.78 Å². The summed E-state index contributed by atoms with van der Waals surface area (Å²) in [5, 5.41) is 5.02. The van der Waals surface area contributed by atoms with E-state index in [1.807, 2.05) is 6.07 Å². The summed E-state index contributed by atoms with van der Waals surface area (Å²) in [6, 6.07) is 10.4. The Bertz CT molecular complexity index is 891. The first-order valence-corrected chi connectivity index (χ1v) is 10.9. The van der Waals surface area contributed by atoms with Gasteiger partial charge in [0.2, 0.25) is 0 Å². The highest BCUT2D eigenvalue weighted by molar-refractivity contribution is 5.87. The summed E-state index contributed by atoms with van der Waals surface area (Å²) in [6.07, 6.45) is 7.35. The zero-order valence-corrected chi connectivity index (χ0v) is 17.6. The fourth-order valence-electron chi connectivity index (χ4n) is 4.96. The van der Waals surface area contributed by atoms with Crippen LogP contribution in [0.1, 0.15) is 87.7 Å². The molecule has 2 aliphatic rings. The molecule has 3 nitrogen and oxygen atoms in total. The maximum absolute atomic E-state index is 13.6. The SMILES string of the molecule is CC1=CC[C@@H](C(=O)n2nc3c(c2-c2ccccc2)[C@H](C)CC[C@H]3C(C)C)CC1. The fraction of sp³-hybridized carbons (Fsp3) is 0.520. The first kappa shape index (κ1) is 19.2. The van der Waals surface area contributed by atoms with Gasteiger partial charge in [0.15, 0.2) is 0 Å². The van der Waals surface area contributed by atoms with Crippen molar-refractivity contribution < 1.29 is 4.79 Å². The summed E-state index contributed by atoms with van der Waals surface area (Å²) < 4.78 is 1.79. The highest BCUT2D eigenvalue weighted by Gasteiger charge is 2.36. The van der Waals surface area contributed by atoms with Gasteiger partial charge >= 0.3 is 0 Å². The Balaban J connectivity index is 1.86. The lowest BCUT2D eigenvalue weighted by atomic mass is 9.75. The topological polar surface area (TPSA) is 34.9 Å². The standard InChI is InChI=1S/C25H32N2O/c1-16(2)21-15-12-18(4)22-23(21)26-27(24(22)19-8-6-5-7-9-19)25(28)20-13-10-17(3)11-14-20/h5-10,16,18,20-21H,11-15H2,1-4H3/t18-,20-,21+/m1/s1. The normalized spacial score (nSPS) is 24.8. The van der Waals surface area contributed by atoms with E-state index in [4.69, 9.17) is 5.10 Å². The third-order valence-corrected chi connectivity index (χ3v) is 6.75. The minimum Gasteiger partial charge on any atom is -0.272 e. The number of allylic oxidation sites excluding steroid dienone is 2. The second-order valence-corrected chi connectivity index (χ2v) is 9.11. The molecule has 1 heterocycles. The molecule has 0 fully saturated rings. The van der Waals surface area contributed by atoms with Gasteiger partial charge in [-0.1, -0.05) is 62.8 Å². The van der Waals surface area contributed by atoms with Gasteiger partial charge in [0.05, 0.1) is 11.4 Å². The van der Waals surface area contributed by atoms with E-state index in [0.29, 0.717) is 17.8 Å². The van der Waals surface area contributed by atoms with Crippen LogP contribution in [-0.4, -0.2) is 15.7 Å². The van der Waals surface area contributed by atoms with Crippen molar-refractivity contribution >= 4 is 5.91 Å². The zero-order valence-electron chi connectivity index (χ0n) is 17.6. The first-order valence-electron chi connectivity index (χ1n) is 10.9. The van der Waals surface area contributed by atoms with Crippen molar-refractivity contribution in [3.63, 3.8) is 0 Å². The molecule has 3 atom stereocenters. The Hall–Kier alpha value is -2.16. The van der Waals surface area contributed by atoms with Gasteiger partial charge in [0, 0.05) is 23.0 Å². The van der Waals surface area contributed by atoms with Gasteiger partial charge in [-0.25, -0.2) is 0 Å². The monoisotopic (exact) mass is 376 g/mol. The van der Waals surface area contributed by atoms with Gasteiger partial charge in [-0.15, -0.1) is 0 Å². The van der Waals surface area contributed by atoms with Crippen LogP contribution in [0, 0.1) is 11.8 Å². The van der Waals surface area contributed by atoms with Crippen LogP contribution in [0.15, 0.2) is 42.0 Å². The Labute approximate surface area is 168 Å². The average Bonchev–Trinajstić information content (AvgIpc) is 3.10.